The summed E-state index contributed by atoms with van der Waals surface area (Å²) in [5.74, 6) is 0. The lowest BCUT2D eigenvalue weighted by molar-refractivity contribution is 0.417. The van der Waals surface area contributed by atoms with Crippen LogP contribution in [-0.4, -0.2) is 6.16 Å². The third-order valence-electron chi connectivity index (χ3n) is 0.598. The van der Waals surface area contributed by atoms with Gasteiger partial charge >= 0.3 is 7.60 Å². The molecule has 0 N–H and O–H groups in total. The lowest BCUT2D eigenvalue weighted by atomic mass is 11.0. The highest BCUT2D eigenvalue weighted by Gasteiger charge is 2.20. The number of hydrogen-bond acceptors (Lipinski definition) is 3. The molecule has 0 saturated heterocycles. The van der Waals surface area contributed by atoms with Crippen LogP contribution in [0.2, 0.25) is 0 Å². The first kappa shape index (κ1) is 8.73. The summed E-state index contributed by atoms with van der Waals surface area (Å²) in [7, 11) is -3.13. The first-order chi connectivity index (χ1) is 3.68. The average molecular weight is 179 g/mol. The maximum Gasteiger partial charge on any atom is 0.362 e. The van der Waals surface area contributed by atoms with Crippen molar-refractivity contribution in [2.24, 2.45) is 0 Å². The monoisotopic (exact) mass is 178 g/mol. The summed E-state index contributed by atoms with van der Waals surface area (Å²) in [5, 5.41) is 0. The fraction of sp³-hybridized carbons (Fsp3) is 1.00. The maximum atomic E-state index is 10.6. The van der Waals surface area contributed by atoms with E-state index in [9.17, 15) is 4.57 Å². The molecule has 0 fully saturated rings. The van der Waals surface area contributed by atoms with Gasteiger partial charge in [-0.05, 0) is 0 Å². The van der Waals surface area contributed by atoms with Gasteiger partial charge in [-0.15, -0.1) is 0 Å². The second kappa shape index (κ2) is 3.70. The predicted octanol–water partition coefficient (Wildman–Crippen LogP) is 2.54. The zero-order valence-corrected chi connectivity index (χ0v) is 6.54. The fourth-order valence-electron chi connectivity index (χ4n) is 0.108. The van der Waals surface area contributed by atoms with Gasteiger partial charge in [-0.3, -0.25) is 4.57 Å². The van der Waals surface area contributed by atoms with Gasteiger partial charge in [0.05, 0.1) is 23.7 Å². The van der Waals surface area contributed by atoms with E-state index < -0.39 is 7.60 Å². The standard InChI is InChI=1S/C2H5Cl2O3P/c1-2-8(5,6-3)7-4/h2H2,1H3. The van der Waals surface area contributed by atoms with Crippen molar-refractivity contribution in [3.8, 4) is 0 Å². The minimum Gasteiger partial charge on any atom is -0.257 e. The summed E-state index contributed by atoms with van der Waals surface area (Å²) in [6.45, 7) is 1.59. The molecule has 0 unspecified atom stereocenters. The molecule has 0 amide bonds. The summed E-state index contributed by atoms with van der Waals surface area (Å²) in [5.41, 5.74) is 0. The highest BCUT2D eigenvalue weighted by atomic mass is 35.5. The Morgan fingerprint density at radius 2 is 1.88 bits per heavy atom. The van der Waals surface area contributed by atoms with E-state index in [0.717, 1.165) is 0 Å². The second-order valence-electron chi connectivity index (χ2n) is 1.07. The summed E-state index contributed by atoms with van der Waals surface area (Å²) in [4.78, 5) is 0. The summed E-state index contributed by atoms with van der Waals surface area (Å²) in [6, 6.07) is 0. The van der Waals surface area contributed by atoms with E-state index >= 15 is 0 Å². The van der Waals surface area contributed by atoms with E-state index in [-0.39, 0.29) is 6.16 Å². The minimum absolute atomic E-state index is 0.167. The predicted molar refractivity (Wildman–Crippen MR) is 32.0 cm³/mol. The zero-order chi connectivity index (χ0) is 6.62. The fourth-order valence-corrected chi connectivity index (χ4v) is 1.17. The molecule has 0 aromatic rings. The molecule has 0 aliphatic carbocycles. The average Bonchev–Trinajstić information content (AvgIpc) is 1.87. The van der Waals surface area contributed by atoms with E-state index in [4.69, 9.17) is 23.7 Å². The highest BCUT2D eigenvalue weighted by molar-refractivity contribution is 7.55. The van der Waals surface area contributed by atoms with E-state index in [2.05, 4.69) is 8.15 Å². The Hall–Kier alpha value is 0.730. The van der Waals surface area contributed by atoms with Crippen LogP contribution in [-0.2, 0) is 12.7 Å². The molecule has 0 heterocycles. The van der Waals surface area contributed by atoms with Crippen LogP contribution in [0, 0.1) is 0 Å². The van der Waals surface area contributed by atoms with Gasteiger partial charge < -0.3 is 0 Å². The number of halogens is 2. The molecule has 0 atom stereocenters. The quantitative estimate of drug-likeness (QED) is 0.624. The van der Waals surface area contributed by atoms with E-state index in [0.29, 0.717) is 0 Å². The van der Waals surface area contributed by atoms with Crippen LogP contribution in [0.15, 0.2) is 0 Å². The van der Waals surface area contributed by atoms with Crippen molar-refractivity contribution >= 4 is 31.3 Å². The summed E-state index contributed by atoms with van der Waals surface area (Å²) in [6.07, 6.45) is 0.167. The van der Waals surface area contributed by atoms with Crippen LogP contribution in [0.4, 0.5) is 0 Å². The second-order valence-corrected chi connectivity index (χ2v) is 4.02. The molecule has 0 radical (unpaired) electrons. The molecule has 3 nitrogen and oxygen atoms in total. The first-order valence-corrected chi connectivity index (χ1v) is 4.22. The van der Waals surface area contributed by atoms with Gasteiger partial charge in [-0.1, -0.05) is 6.92 Å². The van der Waals surface area contributed by atoms with E-state index in [1.54, 1.807) is 6.92 Å². The normalized spacial score (nSPS) is 11.9. The lowest BCUT2D eigenvalue weighted by Crippen LogP contribution is -1.82. The molecular weight excluding hydrogens is 174 g/mol. The molecule has 0 bridgehead atoms. The molecule has 0 aromatic carbocycles. The van der Waals surface area contributed by atoms with Crippen LogP contribution in [0.25, 0.3) is 0 Å². The van der Waals surface area contributed by atoms with Crippen LogP contribution in [0.1, 0.15) is 6.92 Å². The van der Waals surface area contributed by atoms with Gasteiger partial charge in [0.15, 0.2) is 0 Å². The zero-order valence-electron chi connectivity index (χ0n) is 4.13. The van der Waals surface area contributed by atoms with Crippen molar-refractivity contribution in [2.45, 2.75) is 6.92 Å². The van der Waals surface area contributed by atoms with Crippen molar-refractivity contribution in [1.82, 2.24) is 0 Å². The molecule has 0 spiro atoms. The molecule has 0 aliphatic heterocycles. The van der Waals surface area contributed by atoms with Crippen LogP contribution >= 0.6 is 31.3 Å². The Bertz CT molecular complexity index is 86.4. The number of rotatable bonds is 3. The van der Waals surface area contributed by atoms with Gasteiger partial charge in [0.25, 0.3) is 0 Å². The van der Waals surface area contributed by atoms with Gasteiger partial charge in [-0.2, -0.15) is 8.15 Å². The SMILES string of the molecule is CCP(=O)(OCl)OCl. The Morgan fingerprint density at radius 1 is 1.50 bits per heavy atom. The smallest absolute Gasteiger partial charge is 0.257 e. The Labute approximate surface area is 57.7 Å². The molecule has 0 saturated carbocycles. The van der Waals surface area contributed by atoms with Crippen molar-refractivity contribution in [1.29, 1.82) is 0 Å². The number of hydrogen-bond donors (Lipinski definition) is 0. The van der Waals surface area contributed by atoms with E-state index in [1.807, 2.05) is 0 Å². The molecule has 0 rings (SSSR count). The van der Waals surface area contributed by atoms with Crippen LogP contribution in [0.5, 0.6) is 0 Å². The van der Waals surface area contributed by atoms with Crippen molar-refractivity contribution in [3.05, 3.63) is 0 Å². The Kier molecular flexibility index (Phi) is 4.04. The first-order valence-electron chi connectivity index (χ1n) is 1.88. The van der Waals surface area contributed by atoms with Gasteiger partial charge in [0.2, 0.25) is 0 Å². The van der Waals surface area contributed by atoms with Gasteiger partial charge in [-0.25, -0.2) is 0 Å². The maximum absolute atomic E-state index is 10.6. The molecule has 0 aromatic heterocycles. The summed E-state index contributed by atoms with van der Waals surface area (Å²) < 4.78 is 18.4. The van der Waals surface area contributed by atoms with E-state index in [1.165, 1.54) is 0 Å². The largest absolute Gasteiger partial charge is 0.362 e. The van der Waals surface area contributed by atoms with Crippen molar-refractivity contribution in [2.75, 3.05) is 6.16 Å². The van der Waals surface area contributed by atoms with Crippen molar-refractivity contribution < 1.29 is 12.7 Å². The molecule has 50 valence electrons. The third-order valence-corrected chi connectivity index (χ3v) is 3.05. The van der Waals surface area contributed by atoms with Gasteiger partial charge in [0, 0.05) is 6.16 Å². The highest BCUT2D eigenvalue weighted by Crippen LogP contribution is 2.49. The lowest BCUT2D eigenvalue weighted by Gasteiger charge is -2.03. The Balaban J connectivity index is 3.79. The topological polar surface area (TPSA) is 35.5 Å². The molecule has 0 aliphatic rings. The molecule has 8 heavy (non-hydrogen) atoms. The molecule has 6 heteroatoms. The molecular formula is C2H5Cl2O3P. The third kappa shape index (κ3) is 2.33. The Morgan fingerprint density at radius 3 is 1.88 bits per heavy atom. The van der Waals surface area contributed by atoms with Gasteiger partial charge in [0.1, 0.15) is 0 Å². The van der Waals surface area contributed by atoms with Crippen molar-refractivity contribution in [3.63, 3.8) is 0 Å². The summed E-state index contributed by atoms with van der Waals surface area (Å²) >= 11 is 9.47. The minimum atomic E-state index is -3.13. The van der Waals surface area contributed by atoms with Crippen LogP contribution in [0.3, 0.4) is 0 Å². The van der Waals surface area contributed by atoms with Crippen LogP contribution < -0.4 is 0 Å².